The van der Waals surface area contributed by atoms with E-state index in [4.69, 9.17) is 22.6 Å². The van der Waals surface area contributed by atoms with E-state index < -0.39 is 31.2 Å². The van der Waals surface area contributed by atoms with E-state index in [-0.39, 0.29) is 72.3 Å². The molecule has 0 aromatic rings. The van der Waals surface area contributed by atoms with Crippen molar-refractivity contribution >= 4 is 31.2 Å². The summed E-state index contributed by atoms with van der Waals surface area (Å²) in [7, 11) is -13.6. The summed E-state index contributed by atoms with van der Waals surface area (Å²) in [5.41, 5.74) is 0. The molecule has 0 aliphatic rings. The van der Waals surface area contributed by atoms with E-state index in [9.17, 15) is 25.9 Å². The molecule has 0 heterocycles. The van der Waals surface area contributed by atoms with Gasteiger partial charge in [-0.05, 0) is 19.3 Å². The van der Waals surface area contributed by atoms with Gasteiger partial charge in [-0.3, -0.25) is 17.5 Å². The first-order chi connectivity index (χ1) is 24.5. The molecule has 0 aliphatic heterocycles. The molecule has 0 bridgehead atoms. The molecule has 0 spiro atoms. The number of hydrogen-bond donors (Lipinski definition) is 3. The van der Waals surface area contributed by atoms with E-state index in [0.717, 1.165) is 32.1 Å². The Morgan fingerprint density at radius 2 is 0.537 bits per heavy atom. The van der Waals surface area contributed by atoms with E-state index >= 15 is 0 Å². The fourth-order valence-corrected chi connectivity index (χ4v) is 5.74. The number of aliphatic hydroxyl groups is 1. The van der Waals surface area contributed by atoms with Crippen LogP contribution in [-0.2, 0) is 39.6 Å². The van der Waals surface area contributed by atoms with Gasteiger partial charge in [-0.15, -0.1) is 0 Å². The first-order valence-electron chi connectivity index (χ1n) is 20.0. The smallest absolute Gasteiger partial charge is 0.726 e. The Kier molecular flexibility index (Phi) is 65.6. The zero-order chi connectivity index (χ0) is 40.2. The largest absolute Gasteiger partial charge is 1.00 e. The quantitative estimate of drug-likeness (QED) is 0.0360. The van der Waals surface area contributed by atoms with E-state index in [1.54, 1.807) is 0 Å². The number of hydrogen-bond acceptors (Lipinski definition) is 11. The van der Waals surface area contributed by atoms with Gasteiger partial charge >= 0.3 is 69.5 Å². The van der Waals surface area contributed by atoms with Crippen LogP contribution in [0.25, 0.3) is 0 Å². The molecule has 0 rings (SSSR count). The van der Waals surface area contributed by atoms with E-state index in [1.807, 2.05) is 0 Å². The molecular formula is C36H78Na2O13S3. The van der Waals surface area contributed by atoms with Crippen molar-refractivity contribution < 1.29 is 116 Å². The topological polar surface area (TPSA) is 228 Å². The Labute approximate surface area is 377 Å². The number of unbranched alkanes of at least 4 members (excludes halogenated alkanes) is 27. The second-order valence-corrected chi connectivity index (χ2v) is 16.2. The number of aliphatic hydroxyl groups excluding tert-OH is 1. The van der Waals surface area contributed by atoms with Crippen LogP contribution in [0.3, 0.4) is 0 Å². The molecule has 320 valence electrons. The van der Waals surface area contributed by atoms with Gasteiger partial charge in [-0.1, -0.05) is 194 Å². The Hall–Kier alpha value is 1.57. The van der Waals surface area contributed by atoms with Gasteiger partial charge in [0.05, 0.1) is 13.2 Å². The van der Waals surface area contributed by atoms with Crippen molar-refractivity contribution in [3.63, 3.8) is 0 Å². The van der Waals surface area contributed by atoms with Crippen molar-refractivity contribution in [2.75, 3.05) is 19.8 Å². The molecule has 18 heteroatoms. The van der Waals surface area contributed by atoms with Gasteiger partial charge in [0.25, 0.3) is 0 Å². The first kappa shape index (κ1) is 67.3. The molecule has 0 aromatic carbocycles. The van der Waals surface area contributed by atoms with Crippen LogP contribution >= 0.6 is 0 Å². The van der Waals surface area contributed by atoms with Crippen LogP contribution in [0.4, 0.5) is 0 Å². The molecule has 13 nitrogen and oxygen atoms in total. The Morgan fingerprint density at radius 1 is 0.370 bits per heavy atom. The molecule has 0 aromatic heterocycles. The zero-order valence-corrected chi connectivity index (χ0v) is 41.4. The maximum atomic E-state index is 10.1. The predicted molar refractivity (Wildman–Crippen MR) is 208 cm³/mol. The average molecular weight is 861 g/mol. The Morgan fingerprint density at radius 3 is 0.704 bits per heavy atom. The molecular weight excluding hydrogens is 783 g/mol. The molecule has 0 fully saturated rings. The van der Waals surface area contributed by atoms with Gasteiger partial charge in [0, 0.05) is 6.61 Å². The molecule has 3 N–H and O–H groups in total. The molecule has 54 heavy (non-hydrogen) atoms. The van der Waals surface area contributed by atoms with Crippen LogP contribution in [-0.4, -0.2) is 68.4 Å². The van der Waals surface area contributed by atoms with E-state index in [1.165, 1.54) is 148 Å². The van der Waals surface area contributed by atoms with E-state index in [0.29, 0.717) is 19.4 Å². The first-order valence-corrected chi connectivity index (χ1v) is 24.1. The van der Waals surface area contributed by atoms with Crippen LogP contribution in [0.15, 0.2) is 0 Å². The van der Waals surface area contributed by atoms with Crippen molar-refractivity contribution in [1.82, 2.24) is 0 Å². The monoisotopic (exact) mass is 860 g/mol. The van der Waals surface area contributed by atoms with Crippen molar-refractivity contribution in [2.45, 2.75) is 213 Å². The minimum atomic E-state index is -4.67. The van der Waals surface area contributed by atoms with Crippen LogP contribution in [0.1, 0.15) is 213 Å². The predicted octanol–water partition coefficient (Wildman–Crippen LogP) is 4.02. The molecule has 0 amide bonds. The van der Waals surface area contributed by atoms with Crippen molar-refractivity contribution in [1.29, 1.82) is 0 Å². The summed E-state index contributed by atoms with van der Waals surface area (Å²) < 4.78 is 101. The Balaban J connectivity index is -0.000000149. The average Bonchev–Trinajstić information content (AvgIpc) is 3.04. The maximum Gasteiger partial charge on any atom is 1.00 e. The standard InChI is InChI=1S/2C12H26O4S.C12H26O.2Na.H2O4S/c2*1-2-3-4-5-6-7-8-9-10-11-12-16-17(13,14)15;1-2-3-4-5-6-7-8-9-10-11-12-13;;;1-5(2,3)4/h2*2-12H2,1H3,(H,13,14,15);13H,2-12H2,1H3;;;(H2,1,2,3,4)/q;;;2*+1;/p-2. The summed E-state index contributed by atoms with van der Waals surface area (Å²) in [6, 6.07) is 0. The summed E-state index contributed by atoms with van der Waals surface area (Å²) in [5.74, 6) is 0. The minimum absolute atomic E-state index is 0. The third kappa shape index (κ3) is 94.6. The van der Waals surface area contributed by atoms with Gasteiger partial charge in [0.1, 0.15) is 0 Å². The maximum absolute atomic E-state index is 10.1. The summed E-state index contributed by atoms with van der Waals surface area (Å²) in [4.78, 5) is 0. The fourth-order valence-electron chi connectivity index (χ4n) is 5.10. The molecule has 0 saturated carbocycles. The molecule has 0 saturated heterocycles. The van der Waals surface area contributed by atoms with Crippen molar-refractivity contribution in [3.8, 4) is 0 Å². The van der Waals surface area contributed by atoms with Crippen LogP contribution < -0.4 is 59.1 Å². The summed E-state index contributed by atoms with van der Waals surface area (Å²) in [6.45, 7) is 7.12. The fraction of sp³-hybridized carbons (Fsp3) is 1.00. The van der Waals surface area contributed by atoms with Crippen LogP contribution in [0, 0.1) is 0 Å². The summed E-state index contributed by atoms with van der Waals surface area (Å²) >= 11 is 0. The second kappa shape index (κ2) is 52.6. The third-order valence-electron chi connectivity index (χ3n) is 7.96. The van der Waals surface area contributed by atoms with Crippen molar-refractivity contribution in [2.24, 2.45) is 0 Å². The van der Waals surface area contributed by atoms with E-state index in [2.05, 4.69) is 29.1 Å². The van der Waals surface area contributed by atoms with Crippen LogP contribution in [0.5, 0.6) is 0 Å². The van der Waals surface area contributed by atoms with Crippen molar-refractivity contribution in [3.05, 3.63) is 0 Å². The molecule has 0 unspecified atom stereocenters. The normalized spacial score (nSPS) is 11.1. The summed E-state index contributed by atoms with van der Waals surface area (Å²) in [5, 5.41) is 8.57. The van der Waals surface area contributed by atoms with Gasteiger partial charge < -0.3 is 14.2 Å². The third-order valence-corrected chi connectivity index (χ3v) is 8.87. The molecule has 0 aliphatic carbocycles. The SMILES string of the molecule is CCCCCCCCCCCCO.CCCCCCCCCCCCOS(=O)(=O)[O-].CCCCCCCCCCCCOS(=O)(=O)[O-].O=S(=O)(O)O.[Na+].[Na+]. The van der Waals surface area contributed by atoms with Gasteiger partial charge in [0.15, 0.2) is 0 Å². The molecule has 0 radical (unpaired) electrons. The van der Waals surface area contributed by atoms with Gasteiger partial charge in [-0.25, -0.2) is 16.8 Å². The minimum Gasteiger partial charge on any atom is -0.726 e. The molecule has 0 atom stereocenters. The van der Waals surface area contributed by atoms with Gasteiger partial charge in [0.2, 0.25) is 20.8 Å². The number of rotatable bonds is 34. The van der Waals surface area contributed by atoms with Crippen LogP contribution in [0.2, 0.25) is 0 Å². The Bertz CT molecular complexity index is 931. The second-order valence-electron chi connectivity index (χ2n) is 13.2. The van der Waals surface area contributed by atoms with Gasteiger partial charge in [-0.2, -0.15) is 8.42 Å². The summed E-state index contributed by atoms with van der Waals surface area (Å²) in [6.07, 6.45) is 36.7. The zero-order valence-electron chi connectivity index (χ0n) is 35.0.